The van der Waals surface area contributed by atoms with Crippen LogP contribution in [0, 0.1) is 45.3 Å². The first-order valence-electron chi connectivity index (χ1n) is 15.3. The van der Waals surface area contributed by atoms with E-state index in [9.17, 15) is 20.1 Å². The molecule has 0 aromatic rings. The topological polar surface area (TPSA) is 87.0 Å². The molecule has 5 heteroatoms. The number of fused-ring (bicyclic) bond motifs is 5. The molecule has 222 valence electrons. The van der Waals surface area contributed by atoms with Gasteiger partial charge in [0.05, 0.1) is 17.3 Å². The Morgan fingerprint density at radius 3 is 2.23 bits per heavy atom. The number of hydrogen-bond acceptors (Lipinski definition) is 5. The molecule has 4 rings (SSSR count). The highest BCUT2D eigenvalue weighted by Crippen LogP contribution is 2.72. The van der Waals surface area contributed by atoms with Crippen LogP contribution in [0.3, 0.4) is 0 Å². The van der Waals surface area contributed by atoms with E-state index in [1.54, 1.807) is 13.8 Å². The number of aliphatic hydroxyl groups excluding tert-OH is 2. The Morgan fingerprint density at radius 1 is 1.05 bits per heavy atom. The number of carbonyl (C=O) groups is 1. The first-order chi connectivity index (χ1) is 17.6. The minimum atomic E-state index is -1.24. The van der Waals surface area contributed by atoms with E-state index >= 15 is 0 Å². The summed E-state index contributed by atoms with van der Waals surface area (Å²) in [6, 6.07) is 0. The minimum Gasteiger partial charge on any atom is -0.505 e. The predicted octanol–water partition coefficient (Wildman–Crippen LogP) is 7.16. The third-order valence-corrected chi connectivity index (χ3v) is 12.1. The van der Waals surface area contributed by atoms with E-state index < -0.39 is 28.8 Å². The first kappa shape index (κ1) is 30.8. The van der Waals surface area contributed by atoms with Gasteiger partial charge in [-0.25, -0.2) is 0 Å². The van der Waals surface area contributed by atoms with Crippen LogP contribution in [-0.2, 0) is 9.53 Å². The van der Waals surface area contributed by atoms with Crippen LogP contribution in [0.2, 0.25) is 0 Å². The van der Waals surface area contributed by atoms with Crippen LogP contribution < -0.4 is 0 Å². The van der Waals surface area contributed by atoms with Crippen molar-refractivity contribution in [1.82, 2.24) is 0 Å². The fourth-order valence-electron chi connectivity index (χ4n) is 9.85. The normalized spacial score (nSPS) is 40.5. The Kier molecular flexibility index (Phi) is 7.44. The molecule has 0 bridgehead atoms. The summed E-state index contributed by atoms with van der Waals surface area (Å²) in [6.07, 6.45) is 8.96. The van der Waals surface area contributed by atoms with Gasteiger partial charge in [0, 0.05) is 10.8 Å². The smallest absolute Gasteiger partial charge is 0.202 e. The number of rotatable bonds is 6. The van der Waals surface area contributed by atoms with Crippen LogP contribution in [0.5, 0.6) is 0 Å². The number of ketones is 1. The molecule has 2 fully saturated rings. The molecular formula is C34H56O5. The molecule has 39 heavy (non-hydrogen) atoms. The SMILES string of the molecule is CC(C[C@@H](OC(C)(C)C)[C@H](O)C(C)(C)O)[C@@H]1CC[C@]2(C)C3=CCC4C(C)(C)C(=O)C(O)=C[C@]4(C)C3CC[C@@]12C. The highest BCUT2D eigenvalue weighted by Gasteiger charge is 2.65. The van der Waals surface area contributed by atoms with Crippen molar-refractivity contribution in [2.75, 3.05) is 0 Å². The lowest BCUT2D eigenvalue weighted by molar-refractivity contribution is -0.171. The number of allylic oxidation sites excluding steroid dienone is 4. The summed E-state index contributed by atoms with van der Waals surface area (Å²) < 4.78 is 6.37. The fourth-order valence-corrected chi connectivity index (χ4v) is 9.85. The molecule has 0 aliphatic heterocycles. The molecule has 0 amide bonds. The second kappa shape index (κ2) is 9.42. The second-order valence-electron chi connectivity index (χ2n) is 16.5. The van der Waals surface area contributed by atoms with Crippen LogP contribution in [0.15, 0.2) is 23.5 Å². The summed E-state index contributed by atoms with van der Waals surface area (Å²) in [5.41, 5.74) is -0.777. The number of ether oxygens (including phenoxy) is 1. The Labute approximate surface area is 237 Å². The lowest BCUT2D eigenvalue weighted by Crippen LogP contribution is -2.56. The molecular weight excluding hydrogens is 488 g/mol. The molecule has 3 N–H and O–H groups in total. The van der Waals surface area contributed by atoms with Gasteiger partial charge in [0.25, 0.3) is 0 Å². The van der Waals surface area contributed by atoms with Gasteiger partial charge in [-0.2, -0.15) is 0 Å². The Hall–Kier alpha value is -1.17. The molecule has 0 spiro atoms. The van der Waals surface area contributed by atoms with Crippen molar-refractivity contribution >= 4 is 5.78 Å². The van der Waals surface area contributed by atoms with Crippen molar-refractivity contribution in [3.63, 3.8) is 0 Å². The van der Waals surface area contributed by atoms with Gasteiger partial charge >= 0.3 is 0 Å². The molecule has 0 aromatic heterocycles. The monoisotopic (exact) mass is 544 g/mol. The van der Waals surface area contributed by atoms with E-state index in [4.69, 9.17) is 4.74 Å². The van der Waals surface area contributed by atoms with Crippen molar-refractivity contribution in [2.24, 2.45) is 45.3 Å². The number of hydrogen-bond donors (Lipinski definition) is 3. The van der Waals surface area contributed by atoms with E-state index in [2.05, 4.69) is 33.8 Å². The Balaban J connectivity index is 1.64. The number of aliphatic hydroxyl groups is 3. The predicted molar refractivity (Wildman–Crippen MR) is 156 cm³/mol. The average molecular weight is 545 g/mol. The standard InChI is InChI=1S/C34H56O5/c1-20(18-25(39-29(2,3)4)28(37)31(7,8)38)21-14-16-34(11)23-12-13-26-30(5,6)27(36)24(35)19-32(26,9)22(23)15-17-33(21,34)10/h12,19-22,25-26,28,35,37-38H,13-18H2,1-11H3/t20?,21-,22?,25+,26?,28-,32+,33-,34+/m0/s1. The summed E-state index contributed by atoms with van der Waals surface area (Å²) in [5.74, 6) is 1.14. The third-order valence-electron chi connectivity index (χ3n) is 12.1. The zero-order valence-electron chi connectivity index (χ0n) is 26.5. The van der Waals surface area contributed by atoms with Crippen molar-refractivity contribution in [2.45, 2.75) is 138 Å². The number of carbonyl (C=O) groups excluding carboxylic acids is 1. The maximum absolute atomic E-state index is 12.9. The maximum atomic E-state index is 12.9. The second-order valence-corrected chi connectivity index (χ2v) is 16.5. The lowest BCUT2D eigenvalue weighted by atomic mass is 9.42. The average Bonchev–Trinajstić information content (AvgIpc) is 3.06. The van der Waals surface area contributed by atoms with Gasteiger partial charge in [-0.1, -0.05) is 53.2 Å². The summed E-state index contributed by atoms with van der Waals surface area (Å²) in [5, 5.41) is 32.5. The largest absolute Gasteiger partial charge is 0.505 e. The van der Waals surface area contributed by atoms with Crippen molar-refractivity contribution < 1.29 is 24.9 Å². The zero-order chi connectivity index (χ0) is 29.6. The number of Topliss-reactive ketones (excluding diaryl/α,β-unsaturated/α-hetero) is 1. The maximum Gasteiger partial charge on any atom is 0.202 e. The Bertz CT molecular complexity index is 1040. The molecule has 2 saturated carbocycles. The van der Waals surface area contributed by atoms with Crippen LogP contribution in [0.4, 0.5) is 0 Å². The van der Waals surface area contributed by atoms with Gasteiger partial charge in [0.2, 0.25) is 5.78 Å². The highest BCUT2D eigenvalue weighted by molar-refractivity contribution is 5.98. The van der Waals surface area contributed by atoms with Crippen LogP contribution in [-0.4, -0.2) is 44.5 Å². The molecule has 4 aliphatic carbocycles. The Morgan fingerprint density at radius 2 is 1.67 bits per heavy atom. The van der Waals surface area contributed by atoms with Crippen LogP contribution >= 0.6 is 0 Å². The van der Waals surface area contributed by atoms with Gasteiger partial charge in [-0.05, 0) is 114 Å². The quantitative estimate of drug-likeness (QED) is 0.309. The van der Waals surface area contributed by atoms with Gasteiger partial charge in [-0.3, -0.25) is 4.79 Å². The van der Waals surface area contributed by atoms with E-state index in [1.165, 1.54) is 5.57 Å². The van der Waals surface area contributed by atoms with E-state index in [1.807, 2.05) is 40.7 Å². The summed E-state index contributed by atoms with van der Waals surface area (Å²) >= 11 is 0. The zero-order valence-corrected chi connectivity index (χ0v) is 26.5. The lowest BCUT2D eigenvalue weighted by Gasteiger charge is -2.62. The van der Waals surface area contributed by atoms with Gasteiger partial charge in [0.15, 0.2) is 5.76 Å². The summed E-state index contributed by atoms with van der Waals surface area (Å²) in [6.45, 7) is 22.9. The molecule has 3 unspecified atom stereocenters. The molecule has 0 radical (unpaired) electrons. The molecule has 0 heterocycles. The molecule has 5 nitrogen and oxygen atoms in total. The van der Waals surface area contributed by atoms with Crippen LogP contribution in [0.1, 0.15) is 115 Å². The van der Waals surface area contributed by atoms with Gasteiger partial charge in [0.1, 0.15) is 6.10 Å². The first-order valence-corrected chi connectivity index (χ1v) is 15.3. The van der Waals surface area contributed by atoms with E-state index in [0.29, 0.717) is 24.2 Å². The van der Waals surface area contributed by atoms with Gasteiger partial charge in [-0.15, -0.1) is 0 Å². The molecule has 0 aromatic carbocycles. The van der Waals surface area contributed by atoms with Gasteiger partial charge < -0.3 is 20.1 Å². The fraction of sp³-hybridized carbons (Fsp3) is 0.853. The van der Waals surface area contributed by atoms with E-state index in [0.717, 1.165) is 32.1 Å². The van der Waals surface area contributed by atoms with Crippen LogP contribution in [0.25, 0.3) is 0 Å². The summed E-state index contributed by atoms with van der Waals surface area (Å²) in [7, 11) is 0. The van der Waals surface area contributed by atoms with Crippen molar-refractivity contribution in [3.8, 4) is 0 Å². The highest BCUT2D eigenvalue weighted by atomic mass is 16.5. The van der Waals surface area contributed by atoms with E-state index in [-0.39, 0.29) is 33.7 Å². The molecule has 9 atom stereocenters. The van der Waals surface area contributed by atoms with Crippen molar-refractivity contribution in [3.05, 3.63) is 23.5 Å². The summed E-state index contributed by atoms with van der Waals surface area (Å²) in [4.78, 5) is 12.9. The van der Waals surface area contributed by atoms with Crippen molar-refractivity contribution in [1.29, 1.82) is 0 Å². The molecule has 0 saturated heterocycles. The third kappa shape index (κ3) is 4.77. The molecule has 4 aliphatic rings. The minimum absolute atomic E-state index is 0.0487.